The topological polar surface area (TPSA) is 83.6 Å². The molecule has 1 aromatic heterocycles. The second-order valence-electron chi connectivity index (χ2n) is 6.12. The van der Waals surface area contributed by atoms with Gasteiger partial charge in [-0.2, -0.15) is 0 Å². The highest BCUT2D eigenvalue weighted by atomic mass is 32.1. The monoisotopic (exact) mass is 396 g/mol. The van der Waals surface area contributed by atoms with Gasteiger partial charge in [0.05, 0.1) is 7.11 Å². The number of rotatable bonds is 5. The van der Waals surface area contributed by atoms with Crippen LogP contribution in [0.25, 0.3) is 10.6 Å². The predicted molar refractivity (Wildman–Crippen MR) is 110 cm³/mol. The third-order valence-electron chi connectivity index (χ3n) is 3.99. The number of amides is 2. The van der Waals surface area contributed by atoms with Gasteiger partial charge in [-0.05, 0) is 42.5 Å². The van der Waals surface area contributed by atoms with Crippen molar-refractivity contribution >= 4 is 28.8 Å². The minimum atomic E-state index is -0.479. The summed E-state index contributed by atoms with van der Waals surface area (Å²) < 4.78 is 5.14. The minimum absolute atomic E-state index is 0.234. The fraction of sp³-hybridized carbons (Fsp3) is 0.150. The van der Waals surface area contributed by atoms with E-state index >= 15 is 0 Å². The van der Waals surface area contributed by atoms with Crippen LogP contribution in [0.5, 0.6) is 5.75 Å². The van der Waals surface area contributed by atoms with Crippen LogP contribution in [0.2, 0.25) is 0 Å². The summed E-state index contributed by atoms with van der Waals surface area (Å²) in [5.74, 6) is -0.130. The van der Waals surface area contributed by atoms with Crippen molar-refractivity contribution in [2.45, 2.75) is 0 Å². The van der Waals surface area contributed by atoms with Crippen molar-refractivity contribution in [3.05, 3.63) is 65.2 Å². The smallest absolute Gasteiger partial charge is 0.289 e. The zero-order chi connectivity index (χ0) is 20.1. The van der Waals surface area contributed by atoms with Crippen molar-refractivity contribution in [1.29, 1.82) is 0 Å². The summed E-state index contributed by atoms with van der Waals surface area (Å²) in [5.41, 5.74) is 7.28. The van der Waals surface area contributed by atoms with Gasteiger partial charge in [-0.25, -0.2) is 4.98 Å². The van der Waals surface area contributed by atoms with Crippen LogP contribution in [0.3, 0.4) is 0 Å². The van der Waals surface area contributed by atoms with E-state index in [4.69, 9.17) is 4.74 Å². The van der Waals surface area contributed by atoms with Crippen LogP contribution < -0.4 is 20.5 Å². The number of nitrogens with one attached hydrogen (secondary N) is 2. The molecule has 0 bridgehead atoms. The van der Waals surface area contributed by atoms with Gasteiger partial charge in [0.25, 0.3) is 11.8 Å². The Morgan fingerprint density at radius 3 is 2.43 bits per heavy atom. The van der Waals surface area contributed by atoms with Crippen LogP contribution in [-0.4, -0.2) is 38.0 Å². The minimum Gasteiger partial charge on any atom is -0.497 e. The van der Waals surface area contributed by atoms with Crippen LogP contribution >= 0.6 is 11.3 Å². The number of hydrazine groups is 1. The van der Waals surface area contributed by atoms with Crippen molar-refractivity contribution in [3.63, 3.8) is 0 Å². The fourth-order valence-electron chi connectivity index (χ4n) is 2.42. The summed E-state index contributed by atoms with van der Waals surface area (Å²) >= 11 is 1.35. The second kappa shape index (κ2) is 8.53. The maximum atomic E-state index is 12.3. The van der Waals surface area contributed by atoms with Gasteiger partial charge in [0.15, 0.2) is 0 Å². The lowest BCUT2D eigenvalue weighted by atomic mass is 10.2. The van der Waals surface area contributed by atoms with Crippen molar-refractivity contribution in [2.75, 3.05) is 26.1 Å². The number of thiazole rings is 1. The lowest BCUT2D eigenvalue weighted by Crippen LogP contribution is -2.41. The average molecular weight is 396 g/mol. The number of anilines is 1. The SMILES string of the molecule is COc1ccc(-c2nc(C(=O)NNC(=O)c3cccc(N(C)C)c3)cs2)cc1. The second-order valence-corrected chi connectivity index (χ2v) is 6.98. The van der Waals surface area contributed by atoms with Gasteiger partial charge in [-0.3, -0.25) is 20.4 Å². The Balaban J connectivity index is 1.63. The van der Waals surface area contributed by atoms with E-state index in [0.29, 0.717) is 10.6 Å². The van der Waals surface area contributed by atoms with E-state index in [2.05, 4.69) is 15.8 Å². The molecule has 3 aromatic rings. The number of nitrogens with zero attached hydrogens (tertiary/aromatic N) is 2. The normalized spacial score (nSPS) is 10.2. The summed E-state index contributed by atoms with van der Waals surface area (Å²) in [5, 5.41) is 2.35. The largest absolute Gasteiger partial charge is 0.497 e. The van der Waals surface area contributed by atoms with Crippen LogP contribution in [0.4, 0.5) is 5.69 Å². The number of carbonyl (C=O) groups excluding carboxylic acids is 2. The number of benzene rings is 2. The van der Waals surface area contributed by atoms with E-state index in [1.807, 2.05) is 49.3 Å². The molecule has 0 fully saturated rings. The van der Waals surface area contributed by atoms with E-state index in [9.17, 15) is 9.59 Å². The molecule has 1 heterocycles. The zero-order valence-electron chi connectivity index (χ0n) is 15.7. The summed E-state index contributed by atoms with van der Waals surface area (Å²) in [6.07, 6.45) is 0. The molecular formula is C20H20N4O3S. The molecule has 3 rings (SSSR count). The van der Waals surface area contributed by atoms with Gasteiger partial charge in [-0.15, -0.1) is 11.3 Å². The Morgan fingerprint density at radius 1 is 1.04 bits per heavy atom. The predicted octanol–water partition coefficient (Wildman–Crippen LogP) is 2.96. The van der Waals surface area contributed by atoms with E-state index < -0.39 is 11.8 Å². The molecule has 28 heavy (non-hydrogen) atoms. The molecule has 8 heteroatoms. The molecule has 0 saturated heterocycles. The molecule has 2 N–H and O–H groups in total. The molecule has 144 valence electrons. The highest BCUT2D eigenvalue weighted by Gasteiger charge is 2.14. The first-order valence-corrected chi connectivity index (χ1v) is 9.34. The van der Waals surface area contributed by atoms with Crippen LogP contribution in [0.1, 0.15) is 20.8 Å². The maximum Gasteiger partial charge on any atom is 0.289 e. The van der Waals surface area contributed by atoms with E-state index in [-0.39, 0.29) is 5.69 Å². The number of ether oxygens (including phenoxy) is 1. The third-order valence-corrected chi connectivity index (χ3v) is 4.88. The summed E-state index contributed by atoms with van der Waals surface area (Å²) in [7, 11) is 5.38. The quantitative estimate of drug-likeness (QED) is 0.648. The molecule has 0 unspecified atom stereocenters. The average Bonchev–Trinajstić information content (AvgIpc) is 3.22. The van der Waals surface area contributed by atoms with Gasteiger partial charge >= 0.3 is 0 Å². The Kier molecular flexibility index (Phi) is 5.90. The summed E-state index contributed by atoms with van der Waals surface area (Å²) in [6, 6.07) is 14.5. The Labute approximate surface area is 166 Å². The van der Waals surface area contributed by atoms with Crippen molar-refractivity contribution in [1.82, 2.24) is 15.8 Å². The number of hydrogen-bond acceptors (Lipinski definition) is 6. The first-order valence-electron chi connectivity index (χ1n) is 8.46. The third kappa shape index (κ3) is 4.47. The fourth-order valence-corrected chi connectivity index (χ4v) is 3.23. The number of aromatic nitrogens is 1. The maximum absolute atomic E-state index is 12.3. The number of carbonyl (C=O) groups is 2. The molecule has 7 nitrogen and oxygen atoms in total. The molecule has 0 radical (unpaired) electrons. The van der Waals surface area contributed by atoms with Crippen LogP contribution in [-0.2, 0) is 0 Å². The molecule has 2 aromatic carbocycles. The van der Waals surface area contributed by atoms with E-state index in [1.165, 1.54) is 11.3 Å². The summed E-state index contributed by atoms with van der Waals surface area (Å²) in [4.78, 5) is 30.8. The molecule has 0 aliphatic heterocycles. The zero-order valence-corrected chi connectivity index (χ0v) is 16.5. The first kappa shape index (κ1) is 19.4. The molecule has 0 atom stereocenters. The lowest BCUT2D eigenvalue weighted by molar-refractivity contribution is 0.0844. The Hall–Kier alpha value is -3.39. The first-order chi connectivity index (χ1) is 13.5. The van der Waals surface area contributed by atoms with Gasteiger partial charge in [-0.1, -0.05) is 6.07 Å². The van der Waals surface area contributed by atoms with Gasteiger partial charge < -0.3 is 9.64 Å². The number of methoxy groups -OCH3 is 1. The molecule has 2 amide bonds. The van der Waals surface area contributed by atoms with Crippen molar-refractivity contribution < 1.29 is 14.3 Å². The highest BCUT2D eigenvalue weighted by Crippen LogP contribution is 2.25. The molecular weight excluding hydrogens is 376 g/mol. The van der Waals surface area contributed by atoms with E-state index in [1.54, 1.807) is 30.7 Å². The Morgan fingerprint density at radius 2 is 1.75 bits per heavy atom. The lowest BCUT2D eigenvalue weighted by Gasteiger charge is -2.13. The standard InChI is InChI=1S/C20H20N4O3S/c1-24(2)15-6-4-5-14(11-15)18(25)22-23-19(26)17-12-28-20(21-17)13-7-9-16(27-3)10-8-13/h4-12H,1-3H3,(H,22,25)(H,23,26). The molecule has 0 spiro atoms. The van der Waals surface area contributed by atoms with Crippen molar-refractivity contribution in [2.24, 2.45) is 0 Å². The van der Waals surface area contributed by atoms with Crippen LogP contribution in [0.15, 0.2) is 53.9 Å². The van der Waals surface area contributed by atoms with Gasteiger partial charge in [0, 0.05) is 36.3 Å². The van der Waals surface area contributed by atoms with E-state index in [0.717, 1.165) is 17.0 Å². The summed E-state index contributed by atoms with van der Waals surface area (Å²) in [6.45, 7) is 0. The van der Waals surface area contributed by atoms with Gasteiger partial charge in [0.2, 0.25) is 0 Å². The Bertz CT molecular complexity index is 983. The molecule has 0 aliphatic carbocycles. The number of hydrogen-bond donors (Lipinski definition) is 2. The van der Waals surface area contributed by atoms with Gasteiger partial charge in [0.1, 0.15) is 16.5 Å². The molecule has 0 saturated carbocycles. The van der Waals surface area contributed by atoms with Crippen LogP contribution in [0, 0.1) is 0 Å². The van der Waals surface area contributed by atoms with Crippen molar-refractivity contribution in [3.8, 4) is 16.3 Å². The highest BCUT2D eigenvalue weighted by molar-refractivity contribution is 7.13. The molecule has 0 aliphatic rings.